The van der Waals surface area contributed by atoms with Crippen LogP contribution < -0.4 is 10.5 Å². The van der Waals surface area contributed by atoms with Crippen LogP contribution in [0, 0.1) is 6.92 Å². The Morgan fingerprint density at radius 2 is 2.00 bits per heavy atom. The van der Waals surface area contributed by atoms with E-state index >= 15 is 0 Å². The lowest BCUT2D eigenvalue weighted by molar-refractivity contribution is 0.392. The minimum absolute atomic E-state index is 0.363. The summed E-state index contributed by atoms with van der Waals surface area (Å²) in [5, 5.41) is 11.8. The molecule has 2 N–H and O–H groups in total. The topological polar surface area (TPSA) is 100.0 Å². The number of hydrogen-bond acceptors (Lipinski definition) is 7. The summed E-state index contributed by atoms with van der Waals surface area (Å²) in [6.07, 6.45) is 0. The van der Waals surface area contributed by atoms with Crippen molar-refractivity contribution in [3.63, 3.8) is 0 Å². The second kappa shape index (κ2) is 5.20. The van der Waals surface area contributed by atoms with E-state index in [1.54, 1.807) is 12.1 Å². The number of anilines is 1. The Labute approximate surface area is 120 Å². The number of benzene rings is 1. The maximum atomic E-state index is 5.88. The first kappa shape index (κ1) is 13.0. The fourth-order valence-corrected chi connectivity index (χ4v) is 1.87. The molecule has 0 radical (unpaired) electrons. The summed E-state index contributed by atoms with van der Waals surface area (Å²) in [5.41, 5.74) is 8.76. The van der Waals surface area contributed by atoms with Gasteiger partial charge in [0, 0.05) is 17.3 Å². The molecule has 0 saturated carbocycles. The molecule has 3 aromatic rings. The highest BCUT2D eigenvalue weighted by atomic mass is 16.5. The zero-order valence-electron chi connectivity index (χ0n) is 11.6. The predicted octanol–water partition coefficient (Wildman–Crippen LogP) is 2.09. The first-order chi connectivity index (χ1) is 10.2. The maximum absolute atomic E-state index is 5.88. The SMILES string of the molecule is COc1ccc(-c2noc(-c3cccc(N)c3C)n2)nn1. The van der Waals surface area contributed by atoms with Crippen LogP contribution in [0.4, 0.5) is 5.69 Å². The van der Waals surface area contributed by atoms with E-state index in [2.05, 4.69) is 20.3 Å². The highest BCUT2D eigenvalue weighted by molar-refractivity contribution is 5.67. The van der Waals surface area contributed by atoms with Crippen molar-refractivity contribution in [1.29, 1.82) is 0 Å². The molecular formula is C14H13N5O2. The van der Waals surface area contributed by atoms with Crippen molar-refractivity contribution in [2.24, 2.45) is 0 Å². The molecule has 0 aliphatic rings. The van der Waals surface area contributed by atoms with E-state index in [9.17, 15) is 0 Å². The molecule has 106 valence electrons. The van der Waals surface area contributed by atoms with Crippen molar-refractivity contribution in [1.82, 2.24) is 20.3 Å². The van der Waals surface area contributed by atoms with Gasteiger partial charge in [-0.2, -0.15) is 4.98 Å². The molecule has 2 heterocycles. The lowest BCUT2D eigenvalue weighted by Gasteiger charge is -2.02. The van der Waals surface area contributed by atoms with Crippen LogP contribution in [-0.2, 0) is 0 Å². The second-order valence-corrected chi connectivity index (χ2v) is 4.40. The van der Waals surface area contributed by atoms with Crippen LogP contribution in [0.5, 0.6) is 5.88 Å². The van der Waals surface area contributed by atoms with E-state index in [-0.39, 0.29) is 0 Å². The Bertz CT molecular complexity index is 767. The number of aromatic nitrogens is 4. The van der Waals surface area contributed by atoms with Gasteiger partial charge in [0.1, 0.15) is 5.69 Å². The van der Waals surface area contributed by atoms with Crippen LogP contribution >= 0.6 is 0 Å². The Hall–Kier alpha value is -2.96. The fraction of sp³-hybridized carbons (Fsp3) is 0.143. The van der Waals surface area contributed by atoms with Gasteiger partial charge in [-0.15, -0.1) is 10.2 Å². The molecule has 7 heteroatoms. The van der Waals surface area contributed by atoms with Gasteiger partial charge in [-0.05, 0) is 30.7 Å². The molecule has 0 spiro atoms. The number of hydrogen-bond donors (Lipinski definition) is 1. The van der Waals surface area contributed by atoms with E-state index in [1.807, 2.05) is 25.1 Å². The molecule has 0 fully saturated rings. The van der Waals surface area contributed by atoms with Gasteiger partial charge in [0.05, 0.1) is 7.11 Å². The average molecular weight is 283 g/mol. The van der Waals surface area contributed by atoms with Crippen LogP contribution in [0.25, 0.3) is 23.0 Å². The average Bonchev–Trinajstić information content (AvgIpc) is 3.00. The first-order valence-electron chi connectivity index (χ1n) is 6.26. The number of nitrogens with zero attached hydrogens (tertiary/aromatic N) is 4. The number of ether oxygens (including phenoxy) is 1. The first-order valence-corrected chi connectivity index (χ1v) is 6.26. The number of methoxy groups -OCH3 is 1. The maximum Gasteiger partial charge on any atom is 0.258 e. The van der Waals surface area contributed by atoms with E-state index in [4.69, 9.17) is 15.0 Å². The minimum Gasteiger partial charge on any atom is -0.480 e. The molecule has 0 aliphatic carbocycles. The number of nitrogen functional groups attached to an aromatic ring is 1. The smallest absolute Gasteiger partial charge is 0.258 e. The van der Waals surface area contributed by atoms with Gasteiger partial charge < -0.3 is 15.0 Å². The Balaban J connectivity index is 1.97. The molecule has 1 aromatic carbocycles. The van der Waals surface area contributed by atoms with Crippen LogP contribution in [0.3, 0.4) is 0 Å². The third-order valence-electron chi connectivity index (χ3n) is 3.11. The van der Waals surface area contributed by atoms with Crippen molar-refractivity contribution < 1.29 is 9.26 Å². The summed E-state index contributed by atoms with van der Waals surface area (Å²) in [5.74, 6) is 1.18. The normalized spacial score (nSPS) is 10.6. The summed E-state index contributed by atoms with van der Waals surface area (Å²) < 4.78 is 10.2. The molecule has 21 heavy (non-hydrogen) atoms. The summed E-state index contributed by atoms with van der Waals surface area (Å²) in [6.45, 7) is 1.90. The van der Waals surface area contributed by atoms with E-state index in [1.165, 1.54) is 7.11 Å². The second-order valence-electron chi connectivity index (χ2n) is 4.40. The van der Waals surface area contributed by atoms with Gasteiger partial charge in [0.2, 0.25) is 11.7 Å². The molecule has 3 rings (SSSR count). The van der Waals surface area contributed by atoms with Gasteiger partial charge in [0.15, 0.2) is 0 Å². The van der Waals surface area contributed by atoms with Crippen molar-refractivity contribution in [3.05, 3.63) is 35.9 Å². The van der Waals surface area contributed by atoms with Crippen molar-refractivity contribution in [2.45, 2.75) is 6.92 Å². The fourth-order valence-electron chi connectivity index (χ4n) is 1.87. The Morgan fingerprint density at radius 1 is 1.14 bits per heavy atom. The summed E-state index contributed by atoms with van der Waals surface area (Å²) in [4.78, 5) is 4.33. The molecule has 0 atom stereocenters. The lowest BCUT2D eigenvalue weighted by atomic mass is 10.1. The van der Waals surface area contributed by atoms with Crippen LogP contribution in [0.2, 0.25) is 0 Å². The van der Waals surface area contributed by atoms with E-state index in [0.29, 0.717) is 29.0 Å². The molecule has 2 aromatic heterocycles. The molecule has 7 nitrogen and oxygen atoms in total. The molecule has 0 bridgehead atoms. The highest BCUT2D eigenvalue weighted by Crippen LogP contribution is 2.27. The molecule has 0 unspecified atom stereocenters. The molecule has 0 saturated heterocycles. The third-order valence-corrected chi connectivity index (χ3v) is 3.11. The van der Waals surface area contributed by atoms with Crippen molar-refractivity contribution in [3.8, 4) is 28.9 Å². The van der Waals surface area contributed by atoms with E-state index < -0.39 is 0 Å². The quantitative estimate of drug-likeness (QED) is 0.734. The van der Waals surface area contributed by atoms with Gasteiger partial charge in [-0.25, -0.2) is 0 Å². The molecule has 0 amide bonds. The molecule has 0 aliphatic heterocycles. The summed E-state index contributed by atoms with van der Waals surface area (Å²) in [6, 6.07) is 8.94. The minimum atomic E-state index is 0.363. The van der Waals surface area contributed by atoms with Crippen LogP contribution in [0.1, 0.15) is 5.56 Å². The zero-order chi connectivity index (χ0) is 14.8. The largest absolute Gasteiger partial charge is 0.480 e. The van der Waals surface area contributed by atoms with Gasteiger partial charge >= 0.3 is 0 Å². The standard InChI is InChI=1S/C14H13N5O2/c1-8-9(4-3-5-10(8)15)14-16-13(19-21-14)11-6-7-12(20-2)18-17-11/h3-7H,15H2,1-2H3. The monoisotopic (exact) mass is 283 g/mol. The highest BCUT2D eigenvalue weighted by Gasteiger charge is 2.14. The van der Waals surface area contributed by atoms with Crippen molar-refractivity contribution >= 4 is 5.69 Å². The Kier molecular flexibility index (Phi) is 3.23. The lowest BCUT2D eigenvalue weighted by Crippen LogP contribution is -1.93. The van der Waals surface area contributed by atoms with Gasteiger partial charge in [-0.3, -0.25) is 0 Å². The van der Waals surface area contributed by atoms with Crippen LogP contribution in [-0.4, -0.2) is 27.4 Å². The van der Waals surface area contributed by atoms with Gasteiger partial charge in [-0.1, -0.05) is 11.2 Å². The zero-order valence-corrected chi connectivity index (χ0v) is 11.6. The summed E-state index contributed by atoms with van der Waals surface area (Å²) >= 11 is 0. The predicted molar refractivity (Wildman–Crippen MR) is 76.5 cm³/mol. The molecular weight excluding hydrogens is 270 g/mol. The number of nitrogens with two attached hydrogens (primary N) is 1. The number of rotatable bonds is 3. The Morgan fingerprint density at radius 3 is 2.71 bits per heavy atom. The van der Waals surface area contributed by atoms with Crippen LogP contribution in [0.15, 0.2) is 34.9 Å². The van der Waals surface area contributed by atoms with Gasteiger partial charge in [0.25, 0.3) is 5.89 Å². The van der Waals surface area contributed by atoms with Crippen molar-refractivity contribution in [2.75, 3.05) is 12.8 Å². The van der Waals surface area contributed by atoms with E-state index in [0.717, 1.165) is 11.1 Å². The summed E-state index contributed by atoms with van der Waals surface area (Å²) in [7, 11) is 1.53. The third kappa shape index (κ3) is 2.40.